The van der Waals surface area contributed by atoms with Gasteiger partial charge in [-0.2, -0.15) is 0 Å². The van der Waals surface area contributed by atoms with Crippen LogP contribution in [0.15, 0.2) is 77.3 Å². The van der Waals surface area contributed by atoms with Crippen LogP contribution in [-0.4, -0.2) is 29.8 Å². The van der Waals surface area contributed by atoms with Crippen molar-refractivity contribution in [2.24, 2.45) is 5.92 Å². The Hall–Kier alpha value is -3.12. The number of halogens is 1. The zero-order valence-corrected chi connectivity index (χ0v) is 19.5. The van der Waals surface area contributed by atoms with E-state index in [4.69, 9.17) is 4.74 Å². The molecule has 0 aliphatic carbocycles. The molecule has 1 heterocycles. The van der Waals surface area contributed by atoms with Crippen molar-refractivity contribution < 1.29 is 14.3 Å². The molecule has 5 nitrogen and oxygen atoms in total. The van der Waals surface area contributed by atoms with Gasteiger partial charge in [-0.05, 0) is 68.3 Å². The highest BCUT2D eigenvalue weighted by Crippen LogP contribution is 2.30. The average Bonchev–Trinajstić information content (AvgIpc) is 2.82. The lowest BCUT2D eigenvalue weighted by molar-refractivity contribution is -0.121. The van der Waals surface area contributed by atoms with E-state index in [9.17, 15) is 9.59 Å². The number of benzene rings is 3. The molecular weight excluding hydrogens is 468 g/mol. The Labute approximate surface area is 196 Å². The van der Waals surface area contributed by atoms with Crippen molar-refractivity contribution in [3.63, 3.8) is 0 Å². The number of ether oxygens (including phenoxy) is 1. The van der Waals surface area contributed by atoms with Crippen LogP contribution in [0.4, 0.5) is 5.69 Å². The minimum atomic E-state index is -0.142. The number of hydrogen-bond donors (Lipinski definition) is 1. The number of hydrogen-bond acceptors (Lipinski definition) is 3. The molecule has 3 aromatic carbocycles. The number of carbonyl (C=O) groups excluding carboxylic acids is 2. The molecular formula is C26H25BrN2O3. The van der Waals surface area contributed by atoms with Gasteiger partial charge in [0, 0.05) is 29.0 Å². The molecule has 0 atom stereocenters. The molecule has 0 aromatic heterocycles. The van der Waals surface area contributed by atoms with Crippen LogP contribution in [0.1, 0.15) is 28.8 Å². The first-order chi connectivity index (χ1) is 15.5. The number of carbonyl (C=O) groups is 2. The standard InChI is InChI=1S/C26H25BrN2O3/c1-18-6-12-22(13-7-18)32-24-5-3-2-4-23(24)28-25(30)19-14-16-29(17-15-19)26(31)20-8-10-21(27)11-9-20/h2-13,19H,14-17H2,1H3,(H,28,30). The molecule has 32 heavy (non-hydrogen) atoms. The van der Waals surface area contributed by atoms with E-state index in [1.165, 1.54) is 0 Å². The van der Waals surface area contributed by atoms with Crippen LogP contribution in [0.2, 0.25) is 0 Å². The molecule has 0 saturated carbocycles. The first-order valence-corrected chi connectivity index (χ1v) is 11.5. The van der Waals surface area contributed by atoms with Crippen molar-refractivity contribution in [2.75, 3.05) is 18.4 Å². The number of piperidine rings is 1. The van der Waals surface area contributed by atoms with Crippen molar-refractivity contribution >= 4 is 33.4 Å². The molecule has 4 rings (SSSR count). The summed E-state index contributed by atoms with van der Waals surface area (Å²) in [5.41, 5.74) is 2.47. The Kier molecular flexibility index (Phi) is 6.90. The summed E-state index contributed by atoms with van der Waals surface area (Å²) >= 11 is 3.39. The third-order valence-electron chi connectivity index (χ3n) is 5.64. The fourth-order valence-corrected chi connectivity index (χ4v) is 4.01. The van der Waals surface area contributed by atoms with Gasteiger partial charge in [-0.1, -0.05) is 45.8 Å². The first-order valence-electron chi connectivity index (χ1n) is 10.7. The summed E-state index contributed by atoms with van der Waals surface area (Å²) in [6, 6.07) is 22.6. The monoisotopic (exact) mass is 492 g/mol. The second-order valence-electron chi connectivity index (χ2n) is 7.97. The third kappa shape index (κ3) is 5.37. The number of anilines is 1. The van der Waals surface area contributed by atoms with Crippen LogP contribution in [0.25, 0.3) is 0 Å². The van der Waals surface area contributed by atoms with Crippen LogP contribution in [0.3, 0.4) is 0 Å². The molecule has 0 spiro atoms. The Bertz CT molecular complexity index is 1090. The number of rotatable bonds is 5. The molecule has 0 unspecified atom stereocenters. The van der Waals surface area contributed by atoms with Crippen LogP contribution < -0.4 is 10.1 Å². The maximum absolute atomic E-state index is 12.9. The second-order valence-corrected chi connectivity index (χ2v) is 8.89. The largest absolute Gasteiger partial charge is 0.455 e. The lowest BCUT2D eigenvalue weighted by atomic mass is 9.95. The van der Waals surface area contributed by atoms with Crippen molar-refractivity contribution in [1.82, 2.24) is 4.90 Å². The van der Waals surface area contributed by atoms with E-state index < -0.39 is 0 Å². The minimum absolute atomic E-state index is 0.00759. The Morgan fingerprint density at radius 3 is 2.28 bits per heavy atom. The van der Waals surface area contributed by atoms with Gasteiger partial charge in [-0.25, -0.2) is 0 Å². The van der Waals surface area contributed by atoms with Gasteiger partial charge in [-0.3, -0.25) is 9.59 Å². The second kappa shape index (κ2) is 10.0. The van der Waals surface area contributed by atoms with E-state index in [0.717, 1.165) is 15.8 Å². The molecule has 1 fully saturated rings. The summed E-state index contributed by atoms with van der Waals surface area (Å²) in [6.45, 7) is 3.15. The number of nitrogens with one attached hydrogen (secondary N) is 1. The zero-order valence-electron chi connectivity index (χ0n) is 17.9. The van der Waals surface area contributed by atoms with Crippen LogP contribution in [-0.2, 0) is 4.79 Å². The maximum Gasteiger partial charge on any atom is 0.253 e. The predicted octanol–water partition coefficient (Wildman–Crippen LogP) is 6.04. The molecule has 1 saturated heterocycles. The van der Waals surface area contributed by atoms with Gasteiger partial charge in [0.05, 0.1) is 5.69 Å². The van der Waals surface area contributed by atoms with Gasteiger partial charge in [0.1, 0.15) is 5.75 Å². The fraction of sp³-hybridized carbons (Fsp3) is 0.231. The summed E-state index contributed by atoms with van der Waals surface area (Å²) in [5.74, 6) is 1.15. The molecule has 3 aromatic rings. The Morgan fingerprint density at radius 2 is 1.59 bits per heavy atom. The van der Waals surface area contributed by atoms with Crippen LogP contribution in [0, 0.1) is 12.8 Å². The van der Waals surface area contributed by atoms with Crippen LogP contribution >= 0.6 is 15.9 Å². The Balaban J connectivity index is 1.36. The van der Waals surface area contributed by atoms with Gasteiger partial charge >= 0.3 is 0 Å². The summed E-state index contributed by atoms with van der Waals surface area (Å²) in [4.78, 5) is 27.5. The first kappa shape index (κ1) is 22.1. The quantitative estimate of drug-likeness (QED) is 0.472. The zero-order chi connectivity index (χ0) is 22.5. The molecule has 1 aliphatic heterocycles. The molecule has 6 heteroatoms. The highest BCUT2D eigenvalue weighted by atomic mass is 79.9. The van der Waals surface area contributed by atoms with Crippen molar-refractivity contribution in [3.8, 4) is 11.5 Å². The number of likely N-dealkylation sites (tertiary alicyclic amines) is 1. The van der Waals surface area contributed by atoms with Crippen LogP contribution in [0.5, 0.6) is 11.5 Å². The summed E-state index contributed by atoms with van der Waals surface area (Å²) in [5, 5.41) is 3.02. The molecule has 164 valence electrons. The Morgan fingerprint density at radius 1 is 0.938 bits per heavy atom. The van der Waals surface area contributed by atoms with E-state index in [2.05, 4.69) is 21.2 Å². The smallest absolute Gasteiger partial charge is 0.253 e. The van der Waals surface area contributed by atoms with Crippen molar-refractivity contribution in [1.29, 1.82) is 0 Å². The number of amides is 2. The van der Waals surface area contributed by atoms with E-state index >= 15 is 0 Å². The normalized spacial score (nSPS) is 14.1. The van der Waals surface area contributed by atoms with Gasteiger partial charge in [-0.15, -0.1) is 0 Å². The molecule has 1 N–H and O–H groups in total. The van der Waals surface area contributed by atoms with E-state index in [1.54, 1.807) is 0 Å². The maximum atomic E-state index is 12.9. The molecule has 0 radical (unpaired) electrons. The average molecular weight is 493 g/mol. The number of para-hydroxylation sites is 2. The number of aryl methyl sites for hydroxylation is 1. The molecule has 1 aliphatic rings. The predicted molar refractivity (Wildman–Crippen MR) is 129 cm³/mol. The summed E-state index contributed by atoms with van der Waals surface area (Å²) in [6.07, 6.45) is 1.27. The van der Waals surface area contributed by atoms with Gasteiger partial charge in [0.25, 0.3) is 5.91 Å². The lowest BCUT2D eigenvalue weighted by Crippen LogP contribution is -2.41. The highest BCUT2D eigenvalue weighted by Gasteiger charge is 2.28. The SMILES string of the molecule is Cc1ccc(Oc2ccccc2NC(=O)C2CCN(C(=O)c3ccc(Br)cc3)CC2)cc1. The van der Waals surface area contributed by atoms with Crippen molar-refractivity contribution in [3.05, 3.63) is 88.4 Å². The van der Waals surface area contributed by atoms with Crippen molar-refractivity contribution in [2.45, 2.75) is 19.8 Å². The van der Waals surface area contributed by atoms with E-state index in [0.29, 0.717) is 42.9 Å². The fourth-order valence-electron chi connectivity index (χ4n) is 3.75. The van der Waals surface area contributed by atoms with Gasteiger partial charge in [0.2, 0.25) is 5.91 Å². The highest BCUT2D eigenvalue weighted by molar-refractivity contribution is 9.10. The third-order valence-corrected chi connectivity index (χ3v) is 6.17. The topological polar surface area (TPSA) is 58.6 Å². The molecule has 2 amide bonds. The number of nitrogens with zero attached hydrogens (tertiary/aromatic N) is 1. The van der Waals surface area contributed by atoms with Gasteiger partial charge in [0.15, 0.2) is 5.75 Å². The lowest BCUT2D eigenvalue weighted by Gasteiger charge is -2.31. The summed E-state index contributed by atoms with van der Waals surface area (Å²) in [7, 11) is 0. The van der Waals surface area contributed by atoms with Gasteiger partial charge < -0.3 is 15.0 Å². The summed E-state index contributed by atoms with van der Waals surface area (Å²) < 4.78 is 6.93. The minimum Gasteiger partial charge on any atom is -0.455 e. The molecule has 0 bridgehead atoms. The van der Waals surface area contributed by atoms with E-state index in [1.807, 2.05) is 84.6 Å². The van der Waals surface area contributed by atoms with E-state index in [-0.39, 0.29) is 17.7 Å².